The third kappa shape index (κ3) is 3.20. The van der Waals surface area contributed by atoms with Gasteiger partial charge in [-0.25, -0.2) is 4.39 Å². The molecule has 0 heterocycles. The Bertz CT molecular complexity index is 381. The molecule has 3 N–H and O–H groups in total. The Hall–Kier alpha value is -1.62. The molecule has 0 bridgehead atoms. The zero-order valence-electron chi connectivity index (χ0n) is 8.94. The first-order valence-electron chi connectivity index (χ1n) is 4.85. The van der Waals surface area contributed by atoms with E-state index < -0.39 is 17.8 Å². The number of carbonyl (C=O) groups is 1. The van der Waals surface area contributed by atoms with E-state index in [1.54, 1.807) is 6.07 Å². The second-order valence-corrected chi connectivity index (χ2v) is 3.45. The van der Waals surface area contributed by atoms with Crippen LogP contribution in [0.5, 0.6) is 5.75 Å². The summed E-state index contributed by atoms with van der Waals surface area (Å²) in [6.45, 7) is 0. The second kappa shape index (κ2) is 5.46. The number of halogens is 1. The van der Waals surface area contributed by atoms with Gasteiger partial charge >= 0.3 is 5.97 Å². The van der Waals surface area contributed by atoms with Gasteiger partial charge in [-0.2, -0.15) is 0 Å². The monoisotopic (exact) mass is 227 g/mol. The summed E-state index contributed by atoms with van der Waals surface area (Å²) in [6.07, 6.45) is 0.704. The highest BCUT2D eigenvalue weighted by Gasteiger charge is 2.11. The molecule has 16 heavy (non-hydrogen) atoms. The number of nitrogens with two attached hydrogens (primary N) is 1. The van der Waals surface area contributed by atoms with Crippen LogP contribution in [-0.2, 0) is 11.2 Å². The zero-order chi connectivity index (χ0) is 12.1. The zero-order valence-corrected chi connectivity index (χ0v) is 8.94. The van der Waals surface area contributed by atoms with Crippen molar-refractivity contribution in [2.24, 2.45) is 5.73 Å². The fourth-order valence-electron chi connectivity index (χ4n) is 1.31. The van der Waals surface area contributed by atoms with Crippen molar-refractivity contribution >= 4 is 5.97 Å². The minimum Gasteiger partial charge on any atom is -0.494 e. The first-order chi connectivity index (χ1) is 7.54. The van der Waals surface area contributed by atoms with Crippen LogP contribution >= 0.6 is 0 Å². The molecule has 88 valence electrons. The van der Waals surface area contributed by atoms with Gasteiger partial charge in [-0.05, 0) is 30.5 Å². The van der Waals surface area contributed by atoms with Crippen LogP contribution in [-0.4, -0.2) is 24.2 Å². The number of ether oxygens (including phenoxy) is 1. The molecule has 0 unspecified atom stereocenters. The summed E-state index contributed by atoms with van der Waals surface area (Å²) in [5.74, 6) is -1.33. The Morgan fingerprint density at radius 1 is 1.62 bits per heavy atom. The molecule has 1 atom stereocenters. The van der Waals surface area contributed by atoms with Gasteiger partial charge in [-0.1, -0.05) is 6.07 Å². The first kappa shape index (κ1) is 12.4. The minimum absolute atomic E-state index is 0.172. The lowest BCUT2D eigenvalue weighted by Gasteiger charge is -2.07. The molecule has 0 aliphatic rings. The van der Waals surface area contributed by atoms with Gasteiger partial charge in [0.2, 0.25) is 0 Å². The highest BCUT2D eigenvalue weighted by atomic mass is 19.1. The van der Waals surface area contributed by atoms with Gasteiger partial charge in [0.1, 0.15) is 6.04 Å². The smallest absolute Gasteiger partial charge is 0.320 e. The quantitative estimate of drug-likeness (QED) is 0.792. The molecule has 0 aliphatic carbocycles. The molecule has 0 fully saturated rings. The number of hydrogen-bond donors (Lipinski definition) is 2. The van der Waals surface area contributed by atoms with Crippen LogP contribution < -0.4 is 10.5 Å². The van der Waals surface area contributed by atoms with E-state index >= 15 is 0 Å². The number of carboxylic acid groups (broad SMARTS) is 1. The average molecular weight is 227 g/mol. The third-order valence-electron chi connectivity index (χ3n) is 2.28. The maximum absolute atomic E-state index is 13.3. The van der Waals surface area contributed by atoms with E-state index in [0.717, 1.165) is 0 Å². The van der Waals surface area contributed by atoms with Gasteiger partial charge < -0.3 is 15.6 Å². The van der Waals surface area contributed by atoms with Gasteiger partial charge in [0.15, 0.2) is 11.6 Å². The lowest BCUT2D eigenvalue weighted by atomic mass is 10.1. The topological polar surface area (TPSA) is 72.5 Å². The van der Waals surface area contributed by atoms with Crippen molar-refractivity contribution in [3.63, 3.8) is 0 Å². The number of hydrogen-bond acceptors (Lipinski definition) is 3. The average Bonchev–Trinajstić information content (AvgIpc) is 2.25. The van der Waals surface area contributed by atoms with E-state index in [0.29, 0.717) is 12.0 Å². The van der Waals surface area contributed by atoms with E-state index in [1.165, 1.54) is 19.2 Å². The number of aliphatic carboxylic acids is 1. The van der Waals surface area contributed by atoms with Crippen molar-refractivity contribution in [1.29, 1.82) is 0 Å². The van der Waals surface area contributed by atoms with E-state index in [-0.39, 0.29) is 12.2 Å². The van der Waals surface area contributed by atoms with Crippen molar-refractivity contribution in [1.82, 2.24) is 0 Å². The molecule has 0 saturated carbocycles. The first-order valence-corrected chi connectivity index (χ1v) is 4.85. The molecule has 4 nitrogen and oxygen atoms in total. The SMILES string of the molecule is COc1ccc(CC[C@@H](N)C(=O)O)cc1F. The van der Waals surface area contributed by atoms with Gasteiger partial charge in [0, 0.05) is 0 Å². The van der Waals surface area contributed by atoms with Gasteiger partial charge in [-0.3, -0.25) is 4.79 Å². The molecule has 0 radical (unpaired) electrons. The molecular weight excluding hydrogens is 213 g/mol. The number of rotatable bonds is 5. The number of methoxy groups -OCH3 is 1. The number of carboxylic acids is 1. The van der Waals surface area contributed by atoms with Gasteiger partial charge in [0.05, 0.1) is 7.11 Å². The summed E-state index contributed by atoms with van der Waals surface area (Å²) >= 11 is 0. The van der Waals surface area contributed by atoms with Crippen molar-refractivity contribution in [3.05, 3.63) is 29.6 Å². The van der Waals surface area contributed by atoms with Crippen LogP contribution in [0.3, 0.4) is 0 Å². The molecule has 1 aromatic carbocycles. The van der Waals surface area contributed by atoms with E-state index in [2.05, 4.69) is 0 Å². The van der Waals surface area contributed by atoms with Crippen LogP contribution in [0, 0.1) is 5.82 Å². The maximum atomic E-state index is 13.3. The fourth-order valence-corrected chi connectivity index (χ4v) is 1.31. The molecule has 0 aromatic heterocycles. The van der Waals surface area contributed by atoms with Crippen LogP contribution in [0.1, 0.15) is 12.0 Å². The summed E-state index contributed by atoms with van der Waals surface area (Å²) in [5, 5.41) is 8.58. The fraction of sp³-hybridized carbons (Fsp3) is 0.364. The van der Waals surface area contributed by atoms with Gasteiger partial charge in [-0.15, -0.1) is 0 Å². The largest absolute Gasteiger partial charge is 0.494 e. The van der Waals surface area contributed by atoms with Crippen LogP contribution in [0.25, 0.3) is 0 Å². The number of aryl methyl sites for hydroxylation is 1. The lowest BCUT2D eigenvalue weighted by Crippen LogP contribution is -2.30. The summed E-state index contributed by atoms with van der Waals surface area (Å²) < 4.78 is 18.0. The Morgan fingerprint density at radius 3 is 2.81 bits per heavy atom. The Labute approximate surface area is 92.8 Å². The van der Waals surface area contributed by atoms with Crippen LogP contribution in [0.4, 0.5) is 4.39 Å². The maximum Gasteiger partial charge on any atom is 0.320 e. The van der Waals surface area contributed by atoms with E-state index in [1.807, 2.05) is 0 Å². The number of benzene rings is 1. The second-order valence-electron chi connectivity index (χ2n) is 3.45. The molecule has 1 aromatic rings. The molecule has 1 rings (SSSR count). The Morgan fingerprint density at radius 2 is 2.31 bits per heavy atom. The Balaban J connectivity index is 2.62. The Kier molecular flexibility index (Phi) is 4.25. The summed E-state index contributed by atoms with van der Waals surface area (Å²) in [5.41, 5.74) is 6.04. The molecule has 0 amide bonds. The van der Waals surface area contributed by atoms with Crippen molar-refractivity contribution in [3.8, 4) is 5.75 Å². The molecule has 0 spiro atoms. The lowest BCUT2D eigenvalue weighted by molar-refractivity contribution is -0.138. The third-order valence-corrected chi connectivity index (χ3v) is 2.28. The van der Waals surface area contributed by atoms with Gasteiger partial charge in [0.25, 0.3) is 0 Å². The highest BCUT2D eigenvalue weighted by Crippen LogP contribution is 2.18. The minimum atomic E-state index is -1.05. The van der Waals surface area contributed by atoms with Crippen LogP contribution in [0.2, 0.25) is 0 Å². The normalized spacial score (nSPS) is 12.2. The predicted molar refractivity (Wildman–Crippen MR) is 56.9 cm³/mol. The van der Waals surface area contributed by atoms with E-state index in [4.69, 9.17) is 15.6 Å². The van der Waals surface area contributed by atoms with Crippen LogP contribution in [0.15, 0.2) is 18.2 Å². The molecule has 0 aliphatic heterocycles. The highest BCUT2D eigenvalue weighted by molar-refractivity contribution is 5.73. The van der Waals surface area contributed by atoms with Crippen molar-refractivity contribution in [2.45, 2.75) is 18.9 Å². The van der Waals surface area contributed by atoms with Crippen molar-refractivity contribution in [2.75, 3.05) is 7.11 Å². The summed E-state index contributed by atoms with van der Waals surface area (Å²) in [4.78, 5) is 10.5. The summed E-state index contributed by atoms with van der Waals surface area (Å²) in [7, 11) is 1.39. The van der Waals surface area contributed by atoms with Crippen molar-refractivity contribution < 1.29 is 19.0 Å². The summed E-state index contributed by atoms with van der Waals surface area (Å²) in [6, 6.07) is 3.62. The molecule has 5 heteroatoms. The van der Waals surface area contributed by atoms with E-state index in [9.17, 15) is 9.18 Å². The molecule has 0 saturated heterocycles. The predicted octanol–water partition coefficient (Wildman–Crippen LogP) is 1.18. The molecular formula is C11H14FNO3. The standard InChI is InChI=1S/C11H14FNO3/c1-16-10-5-3-7(6-8(10)12)2-4-9(13)11(14)15/h3,5-6,9H,2,4,13H2,1H3,(H,14,15)/t9-/m1/s1.